The van der Waals surface area contributed by atoms with Gasteiger partial charge in [0.05, 0.1) is 19.0 Å². The summed E-state index contributed by atoms with van der Waals surface area (Å²) in [6, 6.07) is 7.26. The van der Waals surface area contributed by atoms with Crippen LogP contribution in [0.1, 0.15) is 13.8 Å². The molecule has 0 spiro atoms. The van der Waals surface area contributed by atoms with Crippen LogP contribution in [0.25, 0.3) is 0 Å². The second-order valence-electron chi connectivity index (χ2n) is 5.24. The molecule has 0 unspecified atom stereocenters. The summed E-state index contributed by atoms with van der Waals surface area (Å²) in [5.74, 6) is 0.0748. The van der Waals surface area contributed by atoms with Gasteiger partial charge in [0, 0.05) is 23.3 Å². The second-order valence-corrected chi connectivity index (χ2v) is 7.25. The minimum absolute atomic E-state index is 0.0748. The van der Waals surface area contributed by atoms with E-state index in [1.807, 2.05) is 12.1 Å². The van der Waals surface area contributed by atoms with Crippen LogP contribution in [0.5, 0.6) is 0 Å². The van der Waals surface area contributed by atoms with Crippen LogP contribution < -0.4 is 10.0 Å². The SMILES string of the molecule is CCS(=O)(=O)Nc1ccc(NCC2(C)COC2)cc1. The Labute approximate surface area is 114 Å². The van der Waals surface area contributed by atoms with Crippen molar-refractivity contribution < 1.29 is 13.2 Å². The predicted octanol–water partition coefficient (Wildman–Crippen LogP) is 1.90. The van der Waals surface area contributed by atoms with Gasteiger partial charge in [-0.25, -0.2) is 8.42 Å². The topological polar surface area (TPSA) is 67.4 Å². The lowest BCUT2D eigenvalue weighted by atomic mass is 9.89. The predicted molar refractivity (Wildman–Crippen MR) is 76.9 cm³/mol. The summed E-state index contributed by atoms with van der Waals surface area (Å²) < 4.78 is 30.5. The van der Waals surface area contributed by atoms with Crippen molar-refractivity contribution in [2.45, 2.75) is 13.8 Å². The lowest BCUT2D eigenvalue weighted by Crippen LogP contribution is -2.45. The first-order valence-electron chi connectivity index (χ1n) is 6.35. The number of hydrogen-bond donors (Lipinski definition) is 2. The van der Waals surface area contributed by atoms with Gasteiger partial charge >= 0.3 is 0 Å². The normalized spacial score (nSPS) is 17.6. The molecule has 1 heterocycles. The number of nitrogens with one attached hydrogen (secondary N) is 2. The molecule has 0 atom stereocenters. The zero-order valence-electron chi connectivity index (χ0n) is 11.3. The molecule has 0 bridgehead atoms. The van der Waals surface area contributed by atoms with Crippen LogP contribution in [0, 0.1) is 5.41 Å². The Morgan fingerprint density at radius 1 is 1.21 bits per heavy atom. The first kappa shape index (κ1) is 14.1. The molecule has 1 aliphatic heterocycles. The van der Waals surface area contributed by atoms with E-state index in [1.165, 1.54) is 0 Å². The van der Waals surface area contributed by atoms with Crippen molar-refractivity contribution in [1.82, 2.24) is 0 Å². The monoisotopic (exact) mass is 284 g/mol. The Kier molecular flexibility index (Phi) is 4.01. The fourth-order valence-electron chi connectivity index (χ4n) is 1.78. The van der Waals surface area contributed by atoms with Crippen LogP contribution in [0.2, 0.25) is 0 Å². The van der Waals surface area contributed by atoms with E-state index in [0.717, 1.165) is 25.4 Å². The highest BCUT2D eigenvalue weighted by Crippen LogP contribution is 2.27. The minimum Gasteiger partial charge on any atom is -0.384 e. The zero-order chi connectivity index (χ0) is 13.9. The van der Waals surface area contributed by atoms with E-state index in [-0.39, 0.29) is 11.2 Å². The Bertz CT molecular complexity index is 521. The molecule has 1 aromatic carbocycles. The Balaban J connectivity index is 1.91. The summed E-state index contributed by atoms with van der Waals surface area (Å²) >= 11 is 0. The van der Waals surface area contributed by atoms with E-state index in [0.29, 0.717) is 5.69 Å². The fraction of sp³-hybridized carbons (Fsp3) is 0.538. The molecule has 1 saturated heterocycles. The van der Waals surface area contributed by atoms with E-state index in [1.54, 1.807) is 19.1 Å². The van der Waals surface area contributed by atoms with E-state index < -0.39 is 10.0 Å². The summed E-state index contributed by atoms with van der Waals surface area (Å²) in [5.41, 5.74) is 1.78. The Morgan fingerprint density at radius 2 is 1.79 bits per heavy atom. The van der Waals surface area contributed by atoms with Gasteiger partial charge in [-0.3, -0.25) is 4.72 Å². The lowest BCUT2D eigenvalue weighted by Gasteiger charge is -2.38. The van der Waals surface area contributed by atoms with Crippen molar-refractivity contribution >= 4 is 21.4 Å². The largest absolute Gasteiger partial charge is 0.384 e. The number of benzene rings is 1. The van der Waals surface area contributed by atoms with E-state index in [2.05, 4.69) is 17.0 Å². The molecule has 1 fully saturated rings. The molecule has 0 radical (unpaired) electrons. The maximum absolute atomic E-state index is 11.4. The van der Waals surface area contributed by atoms with Gasteiger partial charge in [-0.15, -0.1) is 0 Å². The lowest BCUT2D eigenvalue weighted by molar-refractivity contribution is -0.0924. The first-order chi connectivity index (χ1) is 8.92. The van der Waals surface area contributed by atoms with Crippen molar-refractivity contribution in [3.05, 3.63) is 24.3 Å². The molecule has 2 rings (SSSR count). The summed E-state index contributed by atoms with van der Waals surface area (Å²) in [6.07, 6.45) is 0. The molecule has 19 heavy (non-hydrogen) atoms. The van der Waals surface area contributed by atoms with Crippen LogP contribution in [0.15, 0.2) is 24.3 Å². The van der Waals surface area contributed by atoms with E-state index >= 15 is 0 Å². The second kappa shape index (κ2) is 5.38. The minimum atomic E-state index is -3.20. The van der Waals surface area contributed by atoms with Gasteiger partial charge in [0.25, 0.3) is 0 Å². The molecule has 6 heteroatoms. The number of ether oxygens (including phenoxy) is 1. The third-order valence-corrected chi connectivity index (χ3v) is 4.47. The highest BCUT2D eigenvalue weighted by Gasteiger charge is 2.32. The van der Waals surface area contributed by atoms with Crippen LogP contribution in [-0.4, -0.2) is 33.9 Å². The maximum Gasteiger partial charge on any atom is 0.232 e. The van der Waals surface area contributed by atoms with E-state index in [9.17, 15) is 8.42 Å². The van der Waals surface area contributed by atoms with Crippen LogP contribution in [-0.2, 0) is 14.8 Å². The summed E-state index contributed by atoms with van der Waals surface area (Å²) in [7, 11) is -3.20. The molecule has 2 N–H and O–H groups in total. The van der Waals surface area contributed by atoms with Gasteiger partial charge in [-0.1, -0.05) is 6.92 Å². The summed E-state index contributed by atoms with van der Waals surface area (Å²) in [6.45, 7) is 6.21. The Morgan fingerprint density at radius 3 is 2.26 bits per heavy atom. The first-order valence-corrected chi connectivity index (χ1v) is 8.00. The van der Waals surface area contributed by atoms with E-state index in [4.69, 9.17) is 4.74 Å². The van der Waals surface area contributed by atoms with Crippen LogP contribution >= 0.6 is 0 Å². The molecule has 0 saturated carbocycles. The average molecular weight is 284 g/mol. The van der Waals surface area contributed by atoms with Crippen molar-refractivity contribution in [2.24, 2.45) is 5.41 Å². The quantitative estimate of drug-likeness (QED) is 0.837. The number of sulfonamides is 1. The highest BCUT2D eigenvalue weighted by atomic mass is 32.2. The van der Waals surface area contributed by atoms with Gasteiger partial charge < -0.3 is 10.1 Å². The van der Waals surface area contributed by atoms with Crippen LogP contribution in [0.4, 0.5) is 11.4 Å². The molecule has 106 valence electrons. The summed E-state index contributed by atoms with van der Waals surface area (Å²) in [5, 5.41) is 3.33. The molecule has 1 aliphatic rings. The number of anilines is 2. The third-order valence-electron chi connectivity index (χ3n) is 3.16. The third kappa shape index (κ3) is 3.84. The van der Waals surface area contributed by atoms with Gasteiger partial charge in [-0.2, -0.15) is 0 Å². The summed E-state index contributed by atoms with van der Waals surface area (Å²) in [4.78, 5) is 0. The van der Waals surface area contributed by atoms with Gasteiger partial charge in [0.2, 0.25) is 10.0 Å². The van der Waals surface area contributed by atoms with Crippen molar-refractivity contribution in [3.63, 3.8) is 0 Å². The molecule has 0 aliphatic carbocycles. The molecule has 0 aromatic heterocycles. The molecule has 1 aromatic rings. The maximum atomic E-state index is 11.4. The molecule has 5 nitrogen and oxygen atoms in total. The standard InChI is InChI=1S/C13H20N2O3S/c1-3-19(16,17)15-12-6-4-11(5-7-12)14-8-13(2)9-18-10-13/h4-7,14-15H,3,8-10H2,1-2H3. The number of hydrogen-bond acceptors (Lipinski definition) is 4. The van der Waals surface area contributed by atoms with Gasteiger partial charge in [0.1, 0.15) is 0 Å². The van der Waals surface area contributed by atoms with Crippen molar-refractivity contribution in [1.29, 1.82) is 0 Å². The smallest absolute Gasteiger partial charge is 0.232 e. The molecular weight excluding hydrogens is 264 g/mol. The fourth-order valence-corrected chi connectivity index (χ4v) is 2.42. The van der Waals surface area contributed by atoms with Crippen molar-refractivity contribution in [2.75, 3.05) is 35.6 Å². The molecule has 0 amide bonds. The van der Waals surface area contributed by atoms with Crippen LogP contribution in [0.3, 0.4) is 0 Å². The highest BCUT2D eigenvalue weighted by molar-refractivity contribution is 7.92. The van der Waals surface area contributed by atoms with Gasteiger partial charge in [-0.05, 0) is 31.2 Å². The average Bonchev–Trinajstić information content (AvgIpc) is 2.35. The number of rotatable bonds is 6. The zero-order valence-corrected chi connectivity index (χ0v) is 12.1. The van der Waals surface area contributed by atoms with Crippen molar-refractivity contribution in [3.8, 4) is 0 Å². The van der Waals surface area contributed by atoms with Gasteiger partial charge in [0.15, 0.2) is 0 Å². The Hall–Kier alpha value is -1.27. The molecular formula is C13H20N2O3S.